The number of hydrogen-bond acceptors (Lipinski definition) is 11. The van der Waals surface area contributed by atoms with Crippen molar-refractivity contribution in [2.45, 2.75) is 109 Å². The molecule has 2 fully saturated rings. The van der Waals surface area contributed by atoms with Crippen LogP contribution in [0.1, 0.15) is 84.8 Å². The van der Waals surface area contributed by atoms with Crippen molar-refractivity contribution in [2.75, 3.05) is 11.9 Å². The quantitative estimate of drug-likeness (QED) is 0.299. The van der Waals surface area contributed by atoms with Crippen LogP contribution in [-0.4, -0.2) is 68.5 Å². The van der Waals surface area contributed by atoms with Gasteiger partial charge in [0.25, 0.3) is 0 Å². The number of hydrogen-bond donors (Lipinski definition) is 3. The number of nitrogens with two attached hydrogens (primary N) is 1. The lowest BCUT2D eigenvalue weighted by Gasteiger charge is -2.25. The van der Waals surface area contributed by atoms with E-state index >= 15 is 0 Å². The van der Waals surface area contributed by atoms with Crippen LogP contribution in [0.25, 0.3) is 5.52 Å². The van der Waals surface area contributed by atoms with Gasteiger partial charge >= 0.3 is 11.9 Å². The topological polar surface area (TPSA) is 191 Å². The molecule has 0 unspecified atom stereocenters. The predicted octanol–water partition coefficient (Wildman–Crippen LogP) is 2.99. The zero-order valence-electron chi connectivity index (χ0n) is 25.9. The van der Waals surface area contributed by atoms with E-state index in [0.717, 1.165) is 32.1 Å². The minimum atomic E-state index is -2.08. The molecule has 13 heteroatoms. The minimum Gasteiger partial charge on any atom is -0.463 e. The van der Waals surface area contributed by atoms with Gasteiger partial charge in [-0.1, -0.05) is 47.0 Å². The van der Waals surface area contributed by atoms with Gasteiger partial charge in [-0.25, -0.2) is 9.50 Å². The number of nitriles is 1. The van der Waals surface area contributed by atoms with Crippen LogP contribution >= 0.6 is 0 Å². The fraction of sp³-hybridized carbons (Fsp3) is 0.677. The molecule has 0 radical (unpaired) electrons. The third-order valence-corrected chi connectivity index (χ3v) is 8.86. The average molecular weight is 613 g/mol. The van der Waals surface area contributed by atoms with Crippen molar-refractivity contribution in [3.05, 3.63) is 24.2 Å². The van der Waals surface area contributed by atoms with Gasteiger partial charge in [0.2, 0.25) is 11.5 Å². The number of aromatic nitrogens is 3. The second-order valence-corrected chi connectivity index (χ2v) is 12.1. The SMILES string of the molecule is CCC(CC)C(=O)Nc1ncnn2c([C@]3(C#N)O[C@H](COC(=O)CC4CCCCC4)[C@@H](OC(=O)[C@@H](N)C(C)C)[C@H]3O)ccc12. The van der Waals surface area contributed by atoms with Gasteiger partial charge in [-0.2, -0.15) is 10.4 Å². The van der Waals surface area contributed by atoms with Crippen molar-refractivity contribution in [2.24, 2.45) is 23.5 Å². The number of carbonyl (C=O) groups is 3. The number of nitrogens with one attached hydrogen (secondary N) is 1. The average Bonchev–Trinajstić information content (AvgIpc) is 3.57. The highest BCUT2D eigenvalue weighted by Gasteiger charge is 2.60. The zero-order chi connectivity index (χ0) is 32.0. The molecular formula is C31H44N6O7. The molecule has 1 saturated heterocycles. The highest BCUT2D eigenvalue weighted by Crippen LogP contribution is 2.42. The zero-order valence-corrected chi connectivity index (χ0v) is 25.9. The molecule has 1 saturated carbocycles. The Bertz CT molecular complexity index is 1360. The summed E-state index contributed by atoms with van der Waals surface area (Å²) in [5, 5.41) is 29.2. The number of amides is 1. The monoisotopic (exact) mass is 612 g/mol. The third kappa shape index (κ3) is 6.87. The summed E-state index contributed by atoms with van der Waals surface area (Å²) in [4.78, 5) is 42.7. The molecule has 240 valence electrons. The number of esters is 2. The Labute approximate surface area is 257 Å². The van der Waals surface area contributed by atoms with Gasteiger partial charge in [-0.15, -0.1) is 0 Å². The van der Waals surface area contributed by atoms with Crippen LogP contribution in [0.5, 0.6) is 0 Å². The highest BCUT2D eigenvalue weighted by atomic mass is 16.6. The number of ether oxygens (including phenoxy) is 3. The second kappa shape index (κ2) is 14.5. The molecule has 2 aliphatic rings. The van der Waals surface area contributed by atoms with E-state index < -0.39 is 41.9 Å². The molecule has 0 aromatic carbocycles. The van der Waals surface area contributed by atoms with E-state index in [4.69, 9.17) is 19.9 Å². The summed E-state index contributed by atoms with van der Waals surface area (Å²) < 4.78 is 18.7. The van der Waals surface area contributed by atoms with Gasteiger partial charge in [0.05, 0.1) is 5.69 Å². The number of aliphatic hydroxyl groups is 1. The molecule has 44 heavy (non-hydrogen) atoms. The summed E-state index contributed by atoms with van der Waals surface area (Å²) >= 11 is 0. The molecule has 4 N–H and O–H groups in total. The number of anilines is 1. The van der Waals surface area contributed by atoms with Crippen molar-refractivity contribution in [1.29, 1.82) is 5.26 Å². The number of carbonyl (C=O) groups excluding carboxylic acids is 3. The van der Waals surface area contributed by atoms with E-state index in [1.807, 2.05) is 13.8 Å². The summed E-state index contributed by atoms with van der Waals surface area (Å²) in [7, 11) is 0. The van der Waals surface area contributed by atoms with Crippen LogP contribution in [0, 0.1) is 29.1 Å². The third-order valence-electron chi connectivity index (χ3n) is 8.86. The number of fused-ring (bicyclic) bond motifs is 1. The Morgan fingerprint density at radius 1 is 1.23 bits per heavy atom. The lowest BCUT2D eigenvalue weighted by molar-refractivity contribution is -0.162. The van der Waals surface area contributed by atoms with Crippen molar-refractivity contribution >= 4 is 29.2 Å². The van der Waals surface area contributed by atoms with Crippen LogP contribution in [-0.2, 0) is 34.2 Å². The van der Waals surface area contributed by atoms with Crippen molar-refractivity contribution in [1.82, 2.24) is 14.6 Å². The molecule has 13 nitrogen and oxygen atoms in total. The number of aliphatic hydroxyl groups excluding tert-OH is 1. The van der Waals surface area contributed by atoms with E-state index in [-0.39, 0.29) is 48.2 Å². The number of nitrogens with zero attached hydrogens (tertiary/aromatic N) is 4. The van der Waals surface area contributed by atoms with Crippen LogP contribution < -0.4 is 11.1 Å². The van der Waals surface area contributed by atoms with Crippen LogP contribution in [0.3, 0.4) is 0 Å². The van der Waals surface area contributed by atoms with E-state index in [1.54, 1.807) is 19.9 Å². The largest absolute Gasteiger partial charge is 0.463 e. The van der Waals surface area contributed by atoms with E-state index in [2.05, 4.69) is 21.5 Å². The highest BCUT2D eigenvalue weighted by molar-refractivity contribution is 5.95. The van der Waals surface area contributed by atoms with Crippen LogP contribution in [0.2, 0.25) is 0 Å². The van der Waals surface area contributed by atoms with E-state index in [1.165, 1.54) is 16.9 Å². The lowest BCUT2D eigenvalue weighted by Crippen LogP contribution is -2.46. The maximum atomic E-state index is 12.9. The minimum absolute atomic E-state index is 0.119. The second-order valence-electron chi connectivity index (χ2n) is 12.1. The van der Waals surface area contributed by atoms with Gasteiger partial charge in [0.15, 0.2) is 11.9 Å². The number of rotatable bonds is 12. The van der Waals surface area contributed by atoms with Gasteiger partial charge in [0, 0.05) is 12.3 Å². The molecule has 0 bridgehead atoms. The maximum absolute atomic E-state index is 12.9. The Balaban J connectivity index is 1.63. The Morgan fingerprint density at radius 3 is 2.57 bits per heavy atom. The Morgan fingerprint density at radius 2 is 1.93 bits per heavy atom. The van der Waals surface area contributed by atoms with Crippen molar-refractivity contribution in [3.8, 4) is 6.07 Å². The fourth-order valence-electron chi connectivity index (χ4n) is 5.98. The summed E-state index contributed by atoms with van der Waals surface area (Å²) in [6.07, 6.45) is 3.76. The molecular weight excluding hydrogens is 568 g/mol. The van der Waals surface area contributed by atoms with Gasteiger partial charge < -0.3 is 30.4 Å². The molecule has 0 spiro atoms. The summed E-state index contributed by atoms with van der Waals surface area (Å²) in [5.74, 6) is -1.40. The summed E-state index contributed by atoms with van der Waals surface area (Å²) in [5.41, 5.74) is 4.42. The summed E-state index contributed by atoms with van der Waals surface area (Å²) in [6, 6.07) is 4.19. The van der Waals surface area contributed by atoms with Crippen LogP contribution in [0.4, 0.5) is 5.82 Å². The fourth-order valence-corrected chi connectivity index (χ4v) is 5.98. The standard InChI is InChI=1S/C31H44N6O7/c1-5-20(6-2)29(40)36-28-21-12-13-23(37(21)35-17-34-28)31(16-32)27(39)26(43-30(41)25(33)18(3)4)22(44-31)15-42-24(38)14-19-10-8-7-9-11-19/h12-13,17-20,22,25-27,39H,5-11,14-15,33H2,1-4H3,(H,34,35,36,40)/t22-,25+,26-,27-,31+/m1/s1. The normalized spacial score (nSPS) is 24.8. The van der Waals surface area contributed by atoms with Crippen LogP contribution in [0.15, 0.2) is 18.5 Å². The molecule has 4 rings (SSSR count). The molecule has 1 amide bonds. The molecule has 2 aromatic heterocycles. The first kappa shape index (κ1) is 33.3. The molecule has 1 aliphatic heterocycles. The Hall–Kier alpha value is -3.60. The maximum Gasteiger partial charge on any atom is 0.323 e. The molecule has 3 heterocycles. The first-order valence-electron chi connectivity index (χ1n) is 15.6. The van der Waals surface area contributed by atoms with E-state index in [9.17, 15) is 24.8 Å². The molecule has 5 atom stereocenters. The van der Waals surface area contributed by atoms with Crippen molar-refractivity contribution < 1.29 is 33.7 Å². The summed E-state index contributed by atoms with van der Waals surface area (Å²) in [6.45, 7) is 7.01. The predicted molar refractivity (Wildman–Crippen MR) is 159 cm³/mol. The van der Waals surface area contributed by atoms with Gasteiger partial charge in [0.1, 0.15) is 42.8 Å². The van der Waals surface area contributed by atoms with Gasteiger partial charge in [-0.3, -0.25) is 14.4 Å². The molecule has 2 aromatic rings. The smallest absolute Gasteiger partial charge is 0.323 e. The first-order valence-corrected chi connectivity index (χ1v) is 15.6. The Kier molecular flexibility index (Phi) is 10.9. The van der Waals surface area contributed by atoms with Gasteiger partial charge in [-0.05, 0) is 49.7 Å². The first-order chi connectivity index (χ1) is 21.1. The lowest BCUT2D eigenvalue weighted by atomic mass is 9.87. The molecule has 1 aliphatic carbocycles. The van der Waals surface area contributed by atoms with Crippen molar-refractivity contribution in [3.63, 3.8) is 0 Å². The van der Waals surface area contributed by atoms with E-state index in [0.29, 0.717) is 18.4 Å².